The van der Waals surface area contributed by atoms with Crippen molar-refractivity contribution in [1.29, 1.82) is 0 Å². The Hall–Kier alpha value is -1.74. The highest BCUT2D eigenvalue weighted by Gasteiger charge is 2.31. The Morgan fingerprint density at radius 1 is 1.00 bits per heavy atom. The lowest BCUT2D eigenvalue weighted by Crippen LogP contribution is -2.37. The van der Waals surface area contributed by atoms with Gasteiger partial charge in [-0.2, -0.15) is 13.2 Å². The summed E-state index contributed by atoms with van der Waals surface area (Å²) in [6.45, 7) is 1.08. The molecule has 1 fully saturated rings. The van der Waals surface area contributed by atoms with Crippen molar-refractivity contribution >= 4 is 16.5 Å². The van der Waals surface area contributed by atoms with Gasteiger partial charge in [-0.05, 0) is 24.1 Å². The Kier molecular flexibility index (Phi) is 5.53. The number of anilines is 1. The average Bonchev–Trinajstić information content (AvgIpc) is 2.88. The van der Waals surface area contributed by atoms with Gasteiger partial charge in [0, 0.05) is 32.6 Å². The van der Waals surface area contributed by atoms with Crippen LogP contribution in [0.5, 0.6) is 0 Å². The smallest absolute Gasteiger partial charge is 0.345 e. The van der Waals surface area contributed by atoms with Crippen LogP contribution in [0, 0.1) is 5.82 Å². The maximum absolute atomic E-state index is 12.9. The van der Waals surface area contributed by atoms with Crippen LogP contribution in [0.25, 0.3) is 0 Å². The third-order valence-electron chi connectivity index (χ3n) is 3.99. The zero-order valence-corrected chi connectivity index (χ0v) is 14.3. The highest BCUT2D eigenvalue weighted by atomic mass is 32.1. The molecule has 1 aliphatic heterocycles. The third kappa shape index (κ3) is 5.37. The molecule has 0 atom stereocenters. The fraction of sp³-hybridized carbons (Fsp3) is 0.500. The molecule has 136 valence electrons. The Bertz CT molecular complexity index is 686. The maximum Gasteiger partial charge on any atom is 0.401 e. The van der Waals surface area contributed by atoms with E-state index in [2.05, 4.69) is 10.2 Å². The van der Waals surface area contributed by atoms with E-state index in [-0.39, 0.29) is 5.82 Å². The number of halogens is 4. The van der Waals surface area contributed by atoms with Crippen molar-refractivity contribution in [2.45, 2.75) is 19.0 Å². The van der Waals surface area contributed by atoms with Gasteiger partial charge in [-0.15, -0.1) is 10.2 Å². The molecule has 0 spiro atoms. The topological polar surface area (TPSA) is 32.3 Å². The van der Waals surface area contributed by atoms with Crippen LogP contribution >= 0.6 is 11.3 Å². The van der Waals surface area contributed by atoms with E-state index in [9.17, 15) is 17.6 Å². The molecule has 0 saturated carbocycles. The molecule has 25 heavy (non-hydrogen) atoms. The molecule has 1 aromatic heterocycles. The van der Waals surface area contributed by atoms with Crippen molar-refractivity contribution in [1.82, 2.24) is 15.1 Å². The van der Waals surface area contributed by atoms with E-state index in [1.807, 2.05) is 4.90 Å². The number of aromatic nitrogens is 2. The van der Waals surface area contributed by atoms with E-state index >= 15 is 0 Å². The summed E-state index contributed by atoms with van der Waals surface area (Å²) in [6, 6.07) is 6.22. The molecule has 2 aromatic rings. The Labute approximate surface area is 147 Å². The largest absolute Gasteiger partial charge is 0.401 e. The van der Waals surface area contributed by atoms with Crippen LogP contribution in [-0.2, 0) is 6.42 Å². The van der Waals surface area contributed by atoms with E-state index in [0.29, 0.717) is 39.0 Å². The Morgan fingerprint density at radius 2 is 1.76 bits per heavy atom. The minimum Gasteiger partial charge on any atom is -0.345 e. The van der Waals surface area contributed by atoms with E-state index < -0.39 is 12.7 Å². The van der Waals surface area contributed by atoms with E-state index in [4.69, 9.17) is 0 Å². The first kappa shape index (κ1) is 18.1. The molecule has 1 aliphatic rings. The van der Waals surface area contributed by atoms with Crippen molar-refractivity contribution in [3.8, 4) is 0 Å². The second kappa shape index (κ2) is 7.65. The van der Waals surface area contributed by atoms with Gasteiger partial charge in [0.1, 0.15) is 10.8 Å². The molecule has 0 aliphatic carbocycles. The summed E-state index contributed by atoms with van der Waals surface area (Å²) in [5.74, 6) is -0.283. The molecule has 0 bridgehead atoms. The van der Waals surface area contributed by atoms with Gasteiger partial charge in [0.2, 0.25) is 5.13 Å². The number of alkyl halides is 3. The summed E-state index contributed by atoms with van der Waals surface area (Å²) in [5, 5.41) is 9.86. The standard InChI is InChI=1S/C16H18F4N4S/c17-13-4-2-12(3-5-13)10-14-21-22-15(25-14)24-7-1-6-23(8-9-24)11-16(18,19)20/h2-5H,1,6-11H2. The lowest BCUT2D eigenvalue weighted by atomic mass is 10.2. The molecule has 9 heteroatoms. The molecular weight excluding hydrogens is 356 g/mol. The molecule has 3 rings (SSSR count). The van der Waals surface area contributed by atoms with E-state index in [1.54, 1.807) is 12.1 Å². The zero-order chi connectivity index (χ0) is 17.9. The first-order valence-electron chi connectivity index (χ1n) is 8.00. The van der Waals surface area contributed by atoms with Crippen molar-refractivity contribution in [2.75, 3.05) is 37.6 Å². The van der Waals surface area contributed by atoms with Gasteiger partial charge in [0.05, 0.1) is 6.54 Å². The molecule has 4 nitrogen and oxygen atoms in total. The van der Waals surface area contributed by atoms with Crippen molar-refractivity contribution in [3.63, 3.8) is 0 Å². The second-order valence-electron chi connectivity index (χ2n) is 6.01. The second-order valence-corrected chi connectivity index (χ2v) is 7.05. The van der Waals surface area contributed by atoms with Crippen molar-refractivity contribution in [2.24, 2.45) is 0 Å². The minimum absolute atomic E-state index is 0.283. The lowest BCUT2D eigenvalue weighted by molar-refractivity contribution is -0.145. The van der Waals surface area contributed by atoms with Gasteiger partial charge in [-0.25, -0.2) is 4.39 Å². The van der Waals surface area contributed by atoms with Crippen LogP contribution in [-0.4, -0.2) is 54.0 Å². The highest BCUT2D eigenvalue weighted by molar-refractivity contribution is 7.15. The summed E-state index contributed by atoms with van der Waals surface area (Å²) in [5.41, 5.74) is 0.941. The Balaban J connectivity index is 1.59. The minimum atomic E-state index is -4.17. The van der Waals surface area contributed by atoms with Crippen LogP contribution in [0.1, 0.15) is 17.0 Å². The summed E-state index contributed by atoms with van der Waals surface area (Å²) in [4.78, 5) is 3.42. The van der Waals surface area contributed by atoms with Gasteiger partial charge >= 0.3 is 6.18 Å². The van der Waals surface area contributed by atoms with Crippen molar-refractivity contribution < 1.29 is 17.6 Å². The van der Waals surface area contributed by atoms with Crippen LogP contribution in [0.3, 0.4) is 0 Å². The van der Waals surface area contributed by atoms with E-state index in [1.165, 1.54) is 28.4 Å². The van der Waals surface area contributed by atoms with E-state index in [0.717, 1.165) is 15.7 Å². The molecule has 0 radical (unpaired) electrons. The number of hydrogen-bond acceptors (Lipinski definition) is 5. The fourth-order valence-electron chi connectivity index (χ4n) is 2.79. The van der Waals surface area contributed by atoms with Crippen LogP contribution in [0.15, 0.2) is 24.3 Å². The van der Waals surface area contributed by atoms with Gasteiger partial charge < -0.3 is 4.90 Å². The first-order valence-corrected chi connectivity index (χ1v) is 8.81. The number of nitrogens with zero attached hydrogens (tertiary/aromatic N) is 4. The molecule has 0 unspecified atom stereocenters. The summed E-state index contributed by atoms with van der Waals surface area (Å²) in [6.07, 6.45) is -2.95. The van der Waals surface area contributed by atoms with Gasteiger partial charge in [-0.3, -0.25) is 4.90 Å². The quantitative estimate of drug-likeness (QED) is 0.769. The summed E-state index contributed by atoms with van der Waals surface area (Å²) < 4.78 is 50.5. The van der Waals surface area contributed by atoms with Crippen LogP contribution < -0.4 is 4.90 Å². The molecule has 2 heterocycles. The normalized spacial score (nSPS) is 16.9. The number of hydrogen-bond donors (Lipinski definition) is 0. The van der Waals surface area contributed by atoms with Gasteiger partial charge in [0.25, 0.3) is 0 Å². The monoisotopic (exact) mass is 374 g/mol. The van der Waals surface area contributed by atoms with Gasteiger partial charge in [-0.1, -0.05) is 23.5 Å². The van der Waals surface area contributed by atoms with Gasteiger partial charge in [0.15, 0.2) is 0 Å². The predicted octanol–water partition coefficient (Wildman–Crippen LogP) is 3.34. The average molecular weight is 374 g/mol. The molecule has 1 aromatic carbocycles. The third-order valence-corrected chi connectivity index (χ3v) is 4.97. The predicted molar refractivity (Wildman–Crippen MR) is 88.4 cm³/mol. The maximum atomic E-state index is 12.9. The fourth-order valence-corrected chi connectivity index (χ4v) is 3.72. The number of rotatable bonds is 4. The van der Waals surface area contributed by atoms with Crippen LogP contribution in [0.2, 0.25) is 0 Å². The summed E-state index contributed by atoms with van der Waals surface area (Å²) >= 11 is 1.43. The zero-order valence-electron chi connectivity index (χ0n) is 13.5. The van der Waals surface area contributed by atoms with Crippen molar-refractivity contribution in [3.05, 3.63) is 40.7 Å². The molecular formula is C16H18F4N4S. The first-order chi connectivity index (χ1) is 11.9. The SMILES string of the molecule is Fc1ccc(Cc2nnc(N3CCCN(CC(F)(F)F)CC3)s2)cc1. The number of benzene rings is 1. The summed E-state index contributed by atoms with van der Waals surface area (Å²) in [7, 11) is 0. The highest BCUT2D eigenvalue weighted by Crippen LogP contribution is 2.24. The molecule has 0 amide bonds. The molecule has 1 saturated heterocycles. The lowest BCUT2D eigenvalue weighted by Gasteiger charge is -2.22. The Morgan fingerprint density at radius 3 is 2.48 bits per heavy atom. The van der Waals surface area contributed by atoms with Crippen LogP contribution in [0.4, 0.5) is 22.7 Å². The molecule has 0 N–H and O–H groups in total.